The van der Waals surface area contributed by atoms with Crippen LogP contribution in [0.3, 0.4) is 0 Å². The zero-order valence-corrected chi connectivity index (χ0v) is 17.0. The molecule has 3 rings (SSSR count). The number of para-hydroxylation sites is 1. The van der Waals surface area contributed by atoms with Crippen molar-refractivity contribution in [2.24, 2.45) is 0 Å². The number of amides is 1. The average molecular weight is 394 g/mol. The molecule has 0 radical (unpaired) electrons. The van der Waals surface area contributed by atoms with Crippen molar-refractivity contribution in [2.45, 2.75) is 25.3 Å². The minimum Gasteiger partial charge on any atom is -0.497 e. The number of anilines is 1. The normalized spacial score (nSPS) is 10.5. The first-order valence-corrected chi connectivity index (χ1v) is 10.1. The van der Waals surface area contributed by atoms with Gasteiger partial charge in [-0.3, -0.25) is 4.79 Å². The minimum absolute atomic E-state index is 0.0480. The largest absolute Gasteiger partial charge is 0.497 e. The van der Waals surface area contributed by atoms with E-state index in [2.05, 4.69) is 22.2 Å². The van der Waals surface area contributed by atoms with Gasteiger partial charge in [-0.05, 0) is 55.3 Å². The summed E-state index contributed by atoms with van der Waals surface area (Å²) in [5.74, 6) is 1.67. The summed E-state index contributed by atoms with van der Waals surface area (Å²) < 4.78 is 5.19. The fourth-order valence-electron chi connectivity index (χ4n) is 2.76. The number of carbonyl (C=O) groups excluding carboxylic acids is 1. The molecule has 1 aromatic heterocycles. The van der Waals surface area contributed by atoms with Crippen molar-refractivity contribution >= 4 is 23.4 Å². The highest BCUT2D eigenvalue weighted by atomic mass is 32.2. The molecule has 2 aromatic carbocycles. The molecule has 28 heavy (non-hydrogen) atoms. The van der Waals surface area contributed by atoms with Gasteiger partial charge in [-0.2, -0.15) is 0 Å². The van der Waals surface area contributed by atoms with E-state index in [9.17, 15) is 4.79 Å². The van der Waals surface area contributed by atoms with Crippen molar-refractivity contribution in [2.75, 3.05) is 18.2 Å². The topological polar surface area (TPSA) is 64.1 Å². The molecule has 0 fully saturated rings. The highest BCUT2D eigenvalue weighted by Crippen LogP contribution is 2.24. The van der Waals surface area contributed by atoms with Crippen LogP contribution in [0, 0.1) is 6.92 Å². The molecular formula is C22H23N3O2S. The lowest BCUT2D eigenvalue weighted by Crippen LogP contribution is -2.15. The van der Waals surface area contributed by atoms with E-state index in [1.807, 2.05) is 61.5 Å². The molecule has 0 aliphatic carbocycles. The summed E-state index contributed by atoms with van der Waals surface area (Å²) >= 11 is 1.40. The van der Waals surface area contributed by atoms with Crippen molar-refractivity contribution in [3.05, 3.63) is 65.9 Å². The van der Waals surface area contributed by atoms with Gasteiger partial charge in [-0.15, -0.1) is 0 Å². The van der Waals surface area contributed by atoms with Crippen LogP contribution in [-0.4, -0.2) is 28.7 Å². The number of aryl methyl sites for hydroxylation is 2. The van der Waals surface area contributed by atoms with E-state index in [0.717, 1.165) is 39.7 Å². The van der Waals surface area contributed by atoms with Gasteiger partial charge in [0.15, 0.2) is 5.82 Å². The number of ether oxygens (including phenoxy) is 1. The van der Waals surface area contributed by atoms with E-state index in [4.69, 9.17) is 4.74 Å². The molecule has 1 heterocycles. The number of nitrogens with zero attached hydrogens (tertiary/aromatic N) is 2. The van der Waals surface area contributed by atoms with E-state index in [-0.39, 0.29) is 11.7 Å². The molecule has 0 saturated heterocycles. The Balaban J connectivity index is 1.68. The van der Waals surface area contributed by atoms with E-state index in [0.29, 0.717) is 5.82 Å². The predicted octanol–water partition coefficient (Wildman–Crippen LogP) is 4.75. The lowest BCUT2D eigenvalue weighted by Gasteiger charge is -2.10. The SMILES string of the molecule is CCc1ccccc1NC(=O)CSc1cc(C)nc(-c2ccc(OC)cc2)n1. The van der Waals surface area contributed by atoms with Crippen molar-refractivity contribution in [1.29, 1.82) is 0 Å². The summed E-state index contributed by atoms with van der Waals surface area (Å²) in [5, 5.41) is 3.76. The van der Waals surface area contributed by atoms with Gasteiger partial charge in [0, 0.05) is 16.9 Å². The predicted molar refractivity (Wildman–Crippen MR) is 114 cm³/mol. The molecule has 5 nitrogen and oxygen atoms in total. The maximum atomic E-state index is 12.4. The molecule has 1 N–H and O–H groups in total. The second-order valence-corrected chi connectivity index (χ2v) is 7.24. The zero-order chi connectivity index (χ0) is 19.9. The van der Waals surface area contributed by atoms with E-state index < -0.39 is 0 Å². The Morgan fingerprint density at radius 3 is 2.57 bits per heavy atom. The number of thioether (sulfide) groups is 1. The number of methoxy groups -OCH3 is 1. The van der Waals surface area contributed by atoms with Crippen molar-refractivity contribution < 1.29 is 9.53 Å². The number of hydrogen-bond acceptors (Lipinski definition) is 5. The second-order valence-electron chi connectivity index (χ2n) is 6.25. The third-order valence-corrected chi connectivity index (χ3v) is 5.11. The summed E-state index contributed by atoms with van der Waals surface area (Å²) in [6.45, 7) is 4.00. The minimum atomic E-state index is -0.0480. The fourth-order valence-corrected chi connectivity index (χ4v) is 3.52. The Kier molecular flexibility index (Phi) is 6.66. The van der Waals surface area contributed by atoms with Gasteiger partial charge in [0.05, 0.1) is 12.9 Å². The van der Waals surface area contributed by atoms with Gasteiger partial charge in [0.2, 0.25) is 5.91 Å². The van der Waals surface area contributed by atoms with Crippen LogP contribution in [-0.2, 0) is 11.2 Å². The van der Waals surface area contributed by atoms with Crippen molar-refractivity contribution in [1.82, 2.24) is 9.97 Å². The van der Waals surface area contributed by atoms with Gasteiger partial charge in [-0.25, -0.2) is 9.97 Å². The number of carbonyl (C=O) groups is 1. The van der Waals surface area contributed by atoms with Gasteiger partial charge in [0.1, 0.15) is 10.8 Å². The molecular weight excluding hydrogens is 370 g/mol. The first-order chi connectivity index (χ1) is 13.6. The van der Waals surface area contributed by atoms with E-state index >= 15 is 0 Å². The molecule has 0 saturated carbocycles. The van der Waals surface area contributed by atoms with Crippen molar-refractivity contribution in [3.63, 3.8) is 0 Å². The standard InChI is InChI=1S/C22H23N3O2S/c1-4-16-7-5-6-8-19(16)24-20(26)14-28-21-13-15(2)23-22(25-21)17-9-11-18(27-3)12-10-17/h5-13H,4,14H2,1-3H3,(H,24,26). The smallest absolute Gasteiger partial charge is 0.234 e. The average Bonchev–Trinajstić information content (AvgIpc) is 2.72. The van der Waals surface area contributed by atoms with Crippen LogP contribution in [0.2, 0.25) is 0 Å². The van der Waals surface area contributed by atoms with Crippen molar-refractivity contribution in [3.8, 4) is 17.1 Å². The third-order valence-electron chi connectivity index (χ3n) is 4.20. The second kappa shape index (κ2) is 9.37. The van der Waals surface area contributed by atoms with Gasteiger partial charge in [0.25, 0.3) is 0 Å². The monoisotopic (exact) mass is 393 g/mol. The molecule has 0 spiro atoms. The molecule has 144 valence electrons. The van der Waals surface area contributed by atoms with Gasteiger partial charge < -0.3 is 10.1 Å². The van der Waals surface area contributed by atoms with Crippen LogP contribution in [0.5, 0.6) is 5.75 Å². The lowest BCUT2D eigenvalue weighted by molar-refractivity contribution is -0.113. The first kappa shape index (κ1) is 19.9. The molecule has 0 unspecified atom stereocenters. The summed E-state index contributed by atoms with van der Waals surface area (Å²) in [5.41, 5.74) is 3.77. The quantitative estimate of drug-likeness (QED) is 0.463. The summed E-state index contributed by atoms with van der Waals surface area (Å²) in [4.78, 5) is 21.5. The Morgan fingerprint density at radius 2 is 1.86 bits per heavy atom. The third kappa shape index (κ3) is 5.10. The number of aromatic nitrogens is 2. The Bertz CT molecular complexity index is 958. The number of rotatable bonds is 7. The van der Waals surface area contributed by atoms with Crippen LogP contribution in [0.1, 0.15) is 18.2 Å². The van der Waals surface area contributed by atoms with Crippen LogP contribution in [0.25, 0.3) is 11.4 Å². The van der Waals surface area contributed by atoms with Crippen LogP contribution in [0.15, 0.2) is 59.6 Å². The number of hydrogen-bond donors (Lipinski definition) is 1. The molecule has 0 aliphatic heterocycles. The Hall–Kier alpha value is -2.86. The number of benzene rings is 2. The van der Waals surface area contributed by atoms with Gasteiger partial charge in [-0.1, -0.05) is 36.9 Å². The number of nitrogens with one attached hydrogen (secondary N) is 1. The first-order valence-electron chi connectivity index (χ1n) is 9.09. The summed E-state index contributed by atoms with van der Waals surface area (Å²) in [6, 6.07) is 17.4. The molecule has 3 aromatic rings. The maximum Gasteiger partial charge on any atom is 0.234 e. The molecule has 6 heteroatoms. The highest BCUT2D eigenvalue weighted by molar-refractivity contribution is 7.99. The Labute approximate surface area is 169 Å². The van der Waals surface area contributed by atoms with E-state index in [1.54, 1.807) is 7.11 Å². The fraction of sp³-hybridized carbons (Fsp3) is 0.227. The maximum absolute atomic E-state index is 12.4. The molecule has 0 atom stereocenters. The van der Waals surface area contributed by atoms with Gasteiger partial charge >= 0.3 is 0 Å². The molecule has 0 bridgehead atoms. The Morgan fingerprint density at radius 1 is 1.11 bits per heavy atom. The van der Waals surface area contributed by atoms with Crippen LogP contribution in [0.4, 0.5) is 5.69 Å². The summed E-state index contributed by atoms with van der Waals surface area (Å²) in [6.07, 6.45) is 0.875. The summed E-state index contributed by atoms with van der Waals surface area (Å²) in [7, 11) is 1.64. The van der Waals surface area contributed by atoms with Crippen LogP contribution < -0.4 is 10.1 Å². The zero-order valence-electron chi connectivity index (χ0n) is 16.2. The molecule has 1 amide bonds. The highest BCUT2D eigenvalue weighted by Gasteiger charge is 2.10. The van der Waals surface area contributed by atoms with E-state index in [1.165, 1.54) is 11.8 Å². The van der Waals surface area contributed by atoms with Crippen LogP contribution >= 0.6 is 11.8 Å². The molecule has 0 aliphatic rings. The lowest BCUT2D eigenvalue weighted by atomic mass is 10.1.